The van der Waals surface area contributed by atoms with E-state index in [9.17, 15) is 26.7 Å². The molecule has 0 atom stereocenters. The fraction of sp³-hybridized carbons (Fsp3) is 0. The van der Waals surface area contributed by atoms with E-state index < -0.39 is 51.7 Å². The maximum Gasteiger partial charge on any atom is 0.254 e. The lowest BCUT2D eigenvalue weighted by atomic mass is 10.0. The minimum absolute atomic E-state index is 0.408. The zero-order valence-electron chi connectivity index (χ0n) is 9.68. The second-order valence-corrected chi connectivity index (χ2v) is 3.88. The Kier molecular flexibility index (Phi) is 3.44. The Bertz CT molecular complexity index is 685. The zero-order chi connectivity index (χ0) is 15.0. The molecule has 0 aromatic heterocycles. The van der Waals surface area contributed by atoms with Crippen LogP contribution in [0.5, 0.6) is 0 Å². The summed E-state index contributed by atoms with van der Waals surface area (Å²) in [7, 11) is 0. The molecule has 0 radical (unpaired) electrons. The smallest absolute Gasteiger partial charge is 0.254 e. The molecule has 0 bridgehead atoms. The number of carbonyl (C=O) groups excluding carboxylic acids is 1. The van der Waals surface area contributed by atoms with Gasteiger partial charge in [0.2, 0.25) is 0 Å². The molecule has 2 aromatic carbocycles. The monoisotopic (exact) mass is 287 g/mol. The quantitative estimate of drug-likeness (QED) is 0.669. The molecule has 0 aliphatic carbocycles. The van der Waals surface area contributed by atoms with Crippen LogP contribution < -0.4 is 5.73 Å². The Morgan fingerprint density at radius 3 is 1.90 bits per heavy atom. The van der Waals surface area contributed by atoms with Crippen LogP contribution in [-0.4, -0.2) is 5.91 Å². The van der Waals surface area contributed by atoms with E-state index in [1.807, 2.05) is 0 Å². The molecule has 20 heavy (non-hydrogen) atoms. The van der Waals surface area contributed by atoms with Gasteiger partial charge in [-0.05, 0) is 17.7 Å². The lowest BCUT2D eigenvalue weighted by Crippen LogP contribution is -2.18. The van der Waals surface area contributed by atoms with E-state index in [0.717, 1.165) is 18.2 Å². The highest BCUT2D eigenvalue weighted by molar-refractivity contribution is 5.94. The van der Waals surface area contributed by atoms with E-state index in [2.05, 4.69) is 5.73 Å². The van der Waals surface area contributed by atoms with Crippen molar-refractivity contribution in [2.24, 2.45) is 5.73 Å². The lowest BCUT2D eigenvalue weighted by Gasteiger charge is -2.10. The normalized spacial score (nSPS) is 10.7. The van der Waals surface area contributed by atoms with Crippen LogP contribution in [-0.2, 0) is 0 Å². The van der Waals surface area contributed by atoms with Crippen molar-refractivity contribution in [1.82, 2.24) is 0 Å². The Hall–Kier alpha value is -2.44. The summed E-state index contributed by atoms with van der Waals surface area (Å²) in [6.07, 6.45) is 0. The number of benzene rings is 2. The third kappa shape index (κ3) is 2.11. The maximum atomic E-state index is 13.8. The van der Waals surface area contributed by atoms with Gasteiger partial charge in [0.1, 0.15) is 11.4 Å². The summed E-state index contributed by atoms with van der Waals surface area (Å²) < 4.78 is 67.7. The number of halogens is 5. The standard InChI is InChI=1S/C13H6F5NO/c14-6-3-1-2-5(4-6)7-9(15)11(17)8(13(19)20)12(18)10(7)16/h1-4H,(H2,19,20). The Morgan fingerprint density at radius 2 is 1.45 bits per heavy atom. The fourth-order valence-corrected chi connectivity index (χ4v) is 1.75. The molecular formula is C13H6F5NO. The molecule has 7 heteroatoms. The topological polar surface area (TPSA) is 43.1 Å². The first-order valence-corrected chi connectivity index (χ1v) is 5.26. The summed E-state index contributed by atoms with van der Waals surface area (Å²) in [5.74, 6) is -9.97. The van der Waals surface area contributed by atoms with E-state index >= 15 is 0 Å². The van der Waals surface area contributed by atoms with Gasteiger partial charge in [-0.2, -0.15) is 0 Å². The van der Waals surface area contributed by atoms with Gasteiger partial charge in [0.25, 0.3) is 5.91 Å². The van der Waals surface area contributed by atoms with Crippen molar-refractivity contribution in [3.63, 3.8) is 0 Å². The van der Waals surface area contributed by atoms with Crippen molar-refractivity contribution in [2.45, 2.75) is 0 Å². The molecule has 2 nitrogen and oxygen atoms in total. The molecule has 0 aliphatic heterocycles. The zero-order valence-corrected chi connectivity index (χ0v) is 9.68. The molecule has 0 saturated heterocycles. The van der Waals surface area contributed by atoms with Gasteiger partial charge < -0.3 is 5.73 Å². The van der Waals surface area contributed by atoms with Crippen LogP contribution in [0.1, 0.15) is 10.4 Å². The molecule has 2 aromatic rings. The van der Waals surface area contributed by atoms with Gasteiger partial charge in [-0.15, -0.1) is 0 Å². The largest absolute Gasteiger partial charge is 0.365 e. The summed E-state index contributed by atoms with van der Waals surface area (Å²) in [4.78, 5) is 10.8. The van der Waals surface area contributed by atoms with E-state index in [-0.39, 0.29) is 0 Å². The molecule has 0 spiro atoms. The predicted molar refractivity (Wildman–Crippen MR) is 60.2 cm³/mol. The number of nitrogens with two attached hydrogens (primary N) is 1. The van der Waals surface area contributed by atoms with Crippen LogP contribution >= 0.6 is 0 Å². The number of carbonyl (C=O) groups is 1. The van der Waals surface area contributed by atoms with Crippen LogP contribution in [0.4, 0.5) is 22.0 Å². The molecule has 0 fully saturated rings. The van der Waals surface area contributed by atoms with Crippen LogP contribution in [0.15, 0.2) is 24.3 Å². The molecule has 104 valence electrons. The van der Waals surface area contributed by atoms with Crippen molar-refractivity contribution in [2.75, 3.05) is 0 Å². The highest BCUT2D eigenvalue weighted by Gasteiger charge is 2.28. The van der Waals surface area contributed by atoms with Gasteiger partial charge in [-0.25, -0.2) is 22.0 Å². The minimum atomic E-state index is -1.92. The van der Waals surface area contributed by atoms with Crippen molar-refractivity contribution in [1.29, 1.82) is 0 Å². The maximum absolute atomic E-state index is 13.8. The summed E-state index contributed by atoms with van der Waals surface area (Å²) in [6.45, 7) is 0. The number of rotatable bonds is 2. The average molecular weight is 287 g/mol. The van der Waals surface area contributed by atoms with Gasteiger partial charge in [0, 0.05) is 0 Å². The predicted octanol–water partition coefficient (Wildman–Crippen LogP) is 3.15. The van der Waals surface area contributed by atoms with Crippen molar-refractivity contribution in [3.8, 4) is 11.1 Å². The van der Waals surface area contributed by atoms with Gasteiger partial charge in [0.15, 0.2) is 23.3 Å². The highest BCUT2D eigenvalue weighted by atomic mass is 19.2. The molecule has 1 amide bonds. The molecule has 2 rings (SSSR count). The third-order valence-corrected chi connectivity index (χ3v) is 2.62. The van der Waals surface area contributed by atoms with Crippen LogP contribution in [0.2, 0.25) is 0 Å². The van der Waals surface area contributed by atoms with Gasteiger partial charge in [-0.3, -0.25) is 4.79 Å². The molecule has 2 N–H and O–H groups in total. The average Bonchev–Trinajstić information content (AvgIpc) is 2.37. The van der Waals surface area contributed by atoms with Crippen molar-refractivity contribution >= 4 is 5.91 Å². The van der Waals surface area contributed by atoms with Gasteiger partial charge >= 0.3 is 0 Å². The Labute approximate surface area is 109 Å². The second-order valence-electron chi connectivity index (χ2n) is 3.88. The number of primary amides is 1. The van der Waals surface area contributed by atoms with E-state index in [1.165, 1.54) is 0 Å². The SMILES string of the molecule is NC(=O)c1c(F)c(F)c(-c2cccc(F)c2)c(F)c1F. The van der Waals surface area contributed by atoms with E-state index in [1.54, 1.807) is 0 Å². The molecule has 0 heterocycles. The fourth-order valence-electron chi connectivity index (χ4n) is 1.75. The Balaban J connectivity index is 2.83. The summed E-state index contributed by atoms with van der Waals surface area (Å²) in [5.41, 5.74) is 1.62. The van der Waals surface area contributed by atoms with Crippen molar-refractivity contribution < 1.29 is 26.7 Å². The lowest BCUT2D eigenvalue weighted by molar-refractivity contribution is 0.0990. The first-order chi connectivity index (χ1) is 9.34. The van der Waals surface area contributed by atoms with Crippen LogP contribution in [0.25, 0.3) is 11.1 Å². The van der Waals surface area contributed by atoms with E-state index in [4.69, 9.17) is 0 Å². The van der Waals surface area contributed by atoms with Gasteiger partial charge in [-0.1, -0.05) is 12.1 Å². The number of amides is 1. The van der Waals surface area contributed by atoms with E-state index in [0.29, 0.717) is 6.07 Å². The third-order valence-electron chi connectivity index (χ3n) is 2.62. The second kappa shape index (κ2) is 4.92. The molecule has 0 saturated carbocycles. The first kappa shape index (κ1) is 14.0. The summed E-state index contributed by atoms with van der Waals surface area (Å²) in [5, 5.41) is 0. The van der Waals surface area contributed by atoms with Gasteiger partial charge in [0.05, 0.1) is 5.56 Å². The minimum Gasteiger partial charge on any atom is -0.365 e. The Morgan fingerprint density at radius 1 is 0.900 bits per heavy atom. The summed E-state index contributed by atoms with van der Waals surface area (Å²) >= 11 is 0. The number of hydrogen-bond donors (Lipinski definition) is 1. The summed E-state index contributed by atoms with van der Waals surface area (Å²) in [6, 6.07) is 3.86. The van der Waals surface area contributed by atoms with Crippen LogP contribution in [0, 0.1) is 29.1 Å². The highest BCUT2D eigenvalue weighted by Crippen LogP contribution is 2.32. The first-order valence-electron chi connectivity index (χ1n) is 5.26. The van der Waals surface area contributed by atoms with Crippen LogP contribution in [0.3, 0.4) is 0 Å². The van der Waals surface area contributed by atoms with Crippen molar-refractivity contribution in [3.05, 3.63) is 58.9 Å². The molecular weight excluding hydrogens is 281 g/mol. The molecule has 0 unspecified atom stereocenters. The molecule has 0 aliphatic rings. The number of hydrogen-bond acceptors (Lipinski definition) is 1.